The maximum Gasteiger partial charge on any atom is 0.452 e. The lowest BCUT2D eigenvalue weighted by Gasteiger charge is -2.34. The molecule has 1 N–H and O–H groups in total. The minimum Gasteiger partial charge on any atom is -0.453 e. The highest BCUT2D eigenvalue weighted by molar-refractivity contribution is 6.04. The number of hydrogen-bond acceptors (Lipinski definition) is 7. The van der Waals surface area contributed by atoms with E-state index >= 15 is 0 Å². The number of ether oxygens (including phenoxy) is 1. The lowest BCUT2D eigenvalue weighted by Crippen LogP contribution is -2.49. The second kappa shape index (κ2) is 9.41. The number of halogens is 3. The molecule has 9 nitrogen and oxygen atoms in total. The minimum absolute atomic E-state index is 0.194. The van der Waals surface area contributed by atoms with Crippen molar-refractivity contribution < 1.29 is 31.9 Å². The summed E-state index contributed by atoms with van der Waals surface area (Å²) in [6.45, 7) is 1.99. The van der Waals surface area contributed by atoms with Gasteiger partial charge in [-0.2, -0.15) is 13.2 Å². The predicted octanol–water partition coefficient (Wildman–Crippen LogP) is 3.90. The van der Waals surface area contributed by atoms with Crippen molar-refractivity contribution in [2.24, 2.45) is 0 Å². The standard InChI is InChI=1S/C22H20F3N5O4/c1-33-21(32)30-11-9-29(10-12-30)16-8-7-15(13-26-16)27-19(31)17-18(22(23,24)25)34-20(28-17)14-5-3-2-4-6-14/h2-8,13H,9-12H2,1H3,(H,27,31). The van der Waals surface area contributed by atoms with Crippen molar-refractivity contribution in [1.82, 2.24) is 14.9 Å². The Kier molecular flexibility index (Phi) is 6.39. The van der Waals surface area contributed by atoms with Gasteiger partial charge in [0.2, 0.25) is 11.7 Å². The molecule has 12 heteroatoms. The molecular weight excluding hydrogens is 455 g/mol. The fourth-order valence-electron chi connectivity index (χ4n) is 3.45. The van der Waals surface area contributed by atoms with Crippen LogP contribution in [0.2, 0.25) is 0 Å². The number of pyridine rings is 1. The number of piperazine rings is 1. The third kappa shape index (κ3) is 4.95. The first-order valence-electron chi connectivity index (χ1n) is 10.2. The topological polar surface area (TPSA) is 101 Å². The first-order valence-corrected chi connectivity index (χ1v) is 10.2. The molecule has 0 aliphatic carbocycles. The van der Waals surface area contributed by atoms with E-state index in [0.29, 0.717) is 37.6 Å². The first-order chi connectivity index (χ1) is 16.3. The summed E-state index contributed by atoms with van der Waals surface area (Å²) in [6.07, 6.45) is -3.96. The first kappa shape index (κ1) is 23.1. The van der Waals surface area contributed by atoms with Gasteiger partial charge in [0.15, 0.2) is 5.69 Å². The zero-order chi connectivity index (χ0) is 24.3. The Hall–Kier alpha value is -4.09. The van der Waals surface area contributed by atoms with Crippen molar-refractivity contribution in [2.45, 2.75) is 6.18 Å². The van der Waals surface area contributed by atoms with Crippen LogP contribution in [0.4, 0.5) is 29.5 Å². The lowest BCUT2D eigenvalue weighted by atomic mass is 10.2. The number of alkyl halides is 3. The van der Waals surface area contributed by atoms with Gasteiger partial charge in [-0.25, -0.2) is 14.8 Å². The zero-order valence-corrected chi connectivity index (χ0v) is 18.0. The monoisotopic (exact) mass is 475 g/mol. The van der Waals surface area contributed by atoms with Crippen molar-refractivity contribution in [3.05, 3.63) is 60.1 Å². The molecule has 1 aromatic carbocycles. The molecule has 0 unspecified atom stereocenters. The van der Waals surface area contributed by atoms with Gasteiger partial charge >= 0.3 is 12.3 Å². The van der Waals surface area contributed by atoms with E-state index in [1.54, 1.807) is 29.2 Å². The number of methoxy groups -OCH3 is 1. The number of benzene rings is 1. The number of nitrogens with zero attached hydrogens (tertiary/aromatic N) is 4. The number of aromatic nitrogens is 2. The second-order valence-corrected chi connectivity index (χ2v) is 7.36. The van der Waals surface area contributed by atoms with Crippen molar-refractivity contribution in [1.29, 1.82) is 0 Å². The van der Waals surface area contributed by atoms with Crippen molar-refractivity contribution in [3.63, 3.8) is 0 Å². The highest BCUT2D eigenvalue weighted by Crippen LogP contribution is 2.35. The van der Waals surface area contributed by atoms with Crippen LogP contribution < -0.4 is 10.2 Å². The summed E-state index contributed by atoms with van der Waals surface area (Å²) in [6, 6.07) is 11.2. The molecule has 0 spiro atoms. The fraction of sp³-hybridized carbons (Fsp3) is 0.273. The van der Waals surface area contributed by atoms with Gasteiger partial charge in [0.25, 0.3) is 5.91 Å². The highest BCUT2D eigenvalue weighted by Gasteiger charge is 2.42. The molecule has 1 saturated heterocycles. The SMILES string of the molecule is COC(=O)N1CCN(c2ccc(NC(=O)c3nc(-c4ccccc4)oc3C(F)(F)F)cn2)CC1. The van der Waals surface area contributed by atoms with Crippen LogP contribution in [-0.2, 0) is 10.9 Å². The number of nitrogens with one attached hydrogen (secondary N) is 1. The maximum atomic E-state index is 13.5. The van der Waals surface area contributed by atoms with Crippen molar-refractivity contribution >= 4 is 23.5 Å². The fourth-order valence-corrected chi connectivity index (χ4v) is 3.45. The van der Waals surface area contributed by atoms with Crippen LogP contribution in [0.15, 0.2) is 53.1 Å². The molecule has 0 saturated carbocycles. The molecule has 178 valence electrons. The third-order valence-corrected chi connectivity index (χ3v) is 5.16. The predicted molar refractivity (Wildman–Crippen MR) is 115 cm³/mol. The van der Waals surface area contributed by atoms with Gasteiger partial charge < -0.3 is 24.3 Å². The molecule has 2 aromatic heterocycles. The Labute approximate surface area is 192 Å². The summed E-state index contributed by atoms with van der Waals surface area (Å²) < 4.78 is 50.0. The van der Waals surface area contributed by atoms with E-state index < -0.39 is 29.6 Å². The molecule has 2 amide bonds. The zero-order valence-electron chi connectivity index (χ0n) is 18.0. The molecule has 4 rings (SSSR count). The quantitative estimate of drug-likeness (QED) is 0.611. The average molecular weight is 475 g/mol. The summed E-state index contributed by atoms with van der Waals surface area (Å²) >= 11 is 0. The Morgan fingerprint density at radius 3 is 2.35 bits per heavy atom. The minimum atomic E-state index is -4.90. The van der Waals surface area contributed by atoms with E-state index in [1.807, 2.05) is 4.90 Å². The molecule has 1 aliphatic rings. The Morgan fingerprint density at radius 2 is 1.76 bits per heavy atom. The number of amides is 2. The molecule has 1 aliphatic heterocycles. The van der Waals surface area contributed by atoms with Gasteiger partial charge in [0.1, 0.15) is 5.82 Å². The number of anilines is 2. The molecular formula is C22H20F3N5O4. The Morgan fingerprint density at radius 1 is 1.06 bits per heavy atom. The average Bonchev–Trinajstić information content (AvgIpc) is 3.31. The van der Waals surface area contributed by atoms with E-state index in [0.717, 1.165) is 0 Å². The van der Waals surface area contributed by atoms with Crippen LogP contribution in [0, 0.1) is 0 Å². The number of carbonyl (C=O) groups is 2. The summed E-state index contributed by atoms with van der Waals surface area (Å²) in [5.41, 5.74) is -0.362. The summed E-state index contributed by atoms with van der Waals surface area (Å²) in [5.74, 6) is -2.25. The maximum absolute atomic E-state index is 13.5. The molecule has 0 bridgehead atoms. The van der Waals surface area contributed by atoms with E-state index in [2.05, 4.69) is 15.3 Å². The molecule has 0 radical (unpaired) electrons. The van der Waals surface area contributed by atoms with Crippen LogP contribution in [0.5, 0.6) is 0 Å². The number of carbonyl (C=O) groups excluding carboxylic acids is 2. The molecule has 34 heavy (non-hydrogen) atoms. The van der Waals surface area contributed by atoms with Gasteiger partial charge in [0, 0.05) is 31.7 Å². The molecule has 1 fully saturated rings. The summed E-state index contributed by atoms with van der Waals surface area (Å²) in [5, 5.41) is 2.38. The lowest BCUT2D eigenvalue weighted by molar-refractivity contribution is -0.153. The third-order valence-electron chi connectivity index (χ3n) is 5.16. The van der Waals surface area contributed by atoms with Crippen LogP contribution in [0.3, 0.4) is 0 Å². The van der Waals surface area contributed by atoms with Crippen LogP contribution in [0.25, 0.3) is 11.5 Å². The largest absolute Gasteiger partial charge is 0.453 e. The van der Waals surface area contributed by atoms with Gasteiger partial charge in [-0.05, 0) is 24.3 Å². The van der Waals surface area contributed by atoms with E-state index in [-0.39, 0.29) is 11.6 Å². The number of oxazole rings is 1. The van der Waals surface area contributed by atoms with E-state index in [4.69, 9.17) is 9.15 Å². The smallest absolute Gasteiger partial charge is 0.452 e. The van der Waals surface area contributed by atoms with E-state index in [1.165, 1.54) is 31.5 Å². The van der Waals surface area contributed by atoms with E-state index in [9.17, 15) is 22.8 Å². The Bertz CT molecular complexity index is 1160. The van der Waals surface area contributed by atoms with Gasteiger partial charge in [0.05, 0.1) is 19.0 Å². The summed E-state index contributed by atoms with van der Waals surface area (Å²) in [4.78, 5) is 35.8. The second-order valence-electron chi connectivity index (χ2n) is 7.36. The van der Waals surface area contributed by atoms with Crippen molar-refractivity contribution in [2.75, 3.05) is 43.5 Å². The normalized spacial score (nSPS) is 14.1. The van der Waals surface area contributed by atoms with Gasteiger partial charge in [-0.15, -0.1) is 0 Å². The van der Waals surface area contributed by atoms with Gasteiger partial charge in [-0.1, -0.05) is 18.2 Å². The molecule has 3 aromatic rings. The van der Waals surface area contributed by atoms with Crippen LogP contribution in [0.1, 0.15) is 16.2 Å². The van der Waals surface area contributed by atoms with Crippen molar-refractivity contribution in [3.8, 4) is 11.5 Å². The summed E-state index contributed by atoms with van der Waals surface area (Å²) in [7, 11) is 1.32. The highest BCUT2D eigenvalue weighted by atomic mass is 19.4. The number of rotatable bonds is 4. The Balaban J connectivity index is 1.47. The van der Waals surface area contributed by atoms with Crippen LogP contribution >= 0.6 is 0 Å². The molecule has 0 atom stereocenters. The van der Waals surface area contributed by atoms with Crippen LogP contribution in [-0.4, -0.2) is 60.2 Å². The molecule has 3 heterocycles. The van der Waals surface area contributed by atoms with Gasteiger partial charge in [-0.3, -0.25) is 4.79 Å². The number of hydrogen-bond donors (Lipinski definition) is 1.